The second-order valence-electron chi connectivity index (χ2n) is 4.99. The molecule has 8 nitrogen and oxygen atoms in total. The minimum Gasteiger partial charge on any atom is -0.465 e. The van der Waals surface area contributed by atoms with E-state index in [1.807, 2.05) is 6.92 Å². The summed E-state index contributed by atoms with van der Waals surface area (Å²) in [5.74, 6) is -0.510. The second kappa shape index (κ2) is 7.75. The lowest BCUT2D eigenvalue weighted by molar-refractivity contribution is 0.0600. The topological polar surface area (TPSA) is 103 Å². The number of esters is 1. The zero-order chi connectivity index (χ0) is 17.7. The molecule has 130 valence electrons. The first kappa shape index (κ1) is 18.4. The third-order valence-corrected chi connectivity index (χ3v) is 4.91. The van der Waals surface area contributed by atoms with Gasteiger partial charge in [-0.15, -0.1) is 5.10 Å². The molecule has 1 heterocycles. The van der Waals surface area contributed by atoms with Crippen molar-refractivity contribution in [1.29, 1.82) is 0 Å². The van der Waals surface area contributed by atoms with Crippen molar-refractivity contribution >= 4 is 37.7 Å². The van der Waals surface area contributed by atoms with Crippen LogP contribution >= 0.6 is 15.9 Å². The zero-order valence-electron chi connectivity index (χ0n) is 13.2. The summed E-state index contributed by atoms with van der Waals surface area (Å²) in [5.41, 5.74) is 0.124. The summed E-state index contributed by atoms with van der Waals surface area (Å²) in [6, 6.07) is 4.10. The minimum absolute atomic E-state index is 0.0830. The Morgan fingerprint density at radius 2 is 2.12 bits per heavy atom. The van der Waals surface area contributed by atoms with Gasteiger partial charge in [-0.05, 0) is 24.6 Å². The number of nitrogens with zero attached hydrogens (tertiary/aromatic N) is 3. The number of sulfonamides is 1. The molecule has 0 radical (unpaired) electrons. The molecule has 0 bridgehead atoms. The fraction of sp³-hybridized carbons (Fsp3) is 0.357. The van der Waals surface area contributed by atoms with Gasteiger partial charge >= 0.3 is 5.97 Å². The second-order valence-corrected chi connectivity index (χ2v) is 7.59. The van der Waals surface area contributed by atoms with Crippen LogP contribution in [0.5, 0.6) is 0 Å². The molecule has 0 spiro atoms. The molecular weight excluding hydrogens is 400 g/mol. The number of unbranched alkanes of at least 4 members (excludes halogenated alkanes) is 1. The molecule has 2 aromatic rings. The molecule has 24 heavy (non-hydrogen) atoms. The maximum Gasteiger partial charge on any atom is 0.337 e. The average Bonchev–Trinajstić information content (AvgIpc) is 2.98. The largest absolute Gasteiger partial charge is 0.465 e. The maximum absolute atomic E-state index is 12.5. The molecule has 0 atom stereocenters. The van der Waals surface area contributed by atoms with Gasteiger partial charge in [-0.3, -0.25) is 9.40 Å². The van der Waals surface area contributed by atoms with Crippen molar-refractivity contribution in [2.45, 2.75) is 31.2 Å². The van der Waals surface area contributed by atoms with Crippen LogP contribution in [-0.2, 0) is 21.3 Å². The predicted molar refractivity (Wildman–Crippen MR) is 91.2 cm³/mol. The van der Waals surface area contributed by atoms with Gasteiger partial charge in [0.2, 0.25) is 0 Å². The van der Waals surface area contributed by atoms with E-state index in [1.165, 1.54) is 31.5 Å². The van der Waals surface area contributed by atoms with Crippen LogP contribution in [0.3, 0.4) is 0 Å². The molecule has 0 fully saturated rings. The number of carbonyl (C=O) groups excluding carboxylic acids is 1. The highest BCUT2D eigenvalue weighted by atomic mass is 79.9. The Labute approximate surface area is 148 Å². The van der Waals surface area contributed by atoms with Crippen LogP contribution in [0.4, 0.5) is 5.82 Å². The van der Waals surface area contributed by atoms with Gasteiger partial charge in [0.25, 0.3) is 10.0 Å². The quantitative estimate of drug-likeness (QED) is 0.695. The van der Waals surface area contributed by atoms with E-state index < -0.39 is 16.0 Å². The molecule has 2 rings (SSSR count). The van der Waals surface area contributed by atoms with Gasteiger partial charge < -0.3 is 4.74 Å². The number of halogens is 1. The van der Waals surface area contributed by atoms with Crippen LogP contribution in [0, 0.1) is 0 Å². The number of rotatable bonds is 7. The van der Waals surface area contributed by atoms with Crippen molar-refractivity contribution < 1.29 is 17.9 Å². The van der Waals surface area contributed by atoms with Gasteiger partial charge in [0.1, 0.15) is 0 Å². The number of aryl methyl sites for hydroxylation is 1. The van der Waals surface area contributed by atoms with E-state index in [9.17, 15) is 13.2 Å². The number of hydrogen-bond donors (Lipinski definition) is 1. The summed E-state index contributed by atoms with van der Waals surface area (Å²) in [7, 11) is -2.68. The van der Waals surface area contributed by atoms with E-state index in [0.29, 0.717) is 11.0 Å². The van der Waals surface area contributed by atoms with Crippen molar-refractivity contribution in [3.8, 4) is 0 Å². The summed E-state index contributed by atoms with van der Waals surface area (Å²) >= 11 is 3.19. The Bertz CT molecular complexity index is 835. The molecule has 0 aliphatic rings. The van der Waals surface area contributed by atoms with Crippen molar-refractivity contribution in [2.75, 3.05) is 11.8 Å². The SMILES string of the molecule is CCCCn1cc(NS(=O)(=O)c2cc(Br)cc(C(=O)OC)c2)nn1. The summed E-state index contributed by atoms with van der Waals surface area (Å²) < 4.78 is 33.9. The molecule has 0 saturated heterocycles. The lowest BCUT2D eigenvalue weighted by Gasteiger charge is -2.07. The Morgan fingerprint density at radius 3 is 2.79 bits per heavy atom. The lowest BCUT2D eigenvalue weighted by atomic mass is 10.2. The number of carbonyl (C=O) groups is 1. The Morgan fingerprint density at radius 1 is 1.38 bits per heavy atom. The summed E-state index contributed by atoms with van der Waals surface area (Å²) in [5, 5.41) is 7.66. The van der Waals surface area contributed by atoms with Gasteiger partial charge in [-0.25, -0.2) is 13.2 Å². The number of methoxy groups -OCH3 is 1. The third-order valence-electron chi connectivity index (χ3n) is 3.12. The standard InChI is InChI=1S/C14H17BrN4O4S/c1-3-4-5-19-9-13(16-18-19)17-24(21,22)12-7-10(14(20)23-2)6-11(15)8-12/h6-9,17H,3-5H2,1-2H3. The van der Waals surface area contributed by atoms with Crippen molar-refractivity contribution in [1.82, 2.24) is 15.0 Å². The fourth-order valence-corrected chi connectivity index (χ4v) is 3.62. The van der Waals surface area contributed by atoms with Crippen molar-refractivity contribution in [2.24, 2.45) is 0 Å². The number of ether oxygens (including phenoxy) is 1. The third kappa shape index (κ3) is 4.54. The van der Waals surface area contributed by atoms with Crippen molar-refractivity contribution in [3.05, 3.63) is 34.4 Å². The van der Waals surface area contributed by atoms with Crippen LogP contribution in [-0.4, -0.2) is 36.5 Å². The van der Waals surface area contributed by atoms with Crippen LogP contribution < -0.4 is 4.72 Å². The Kier molecular flexibility index (Phi) is 5.94. The predicted octanol–water partition coefficient (Wildman–Crippen LogP) is 2.43. The maximum atomic E-state index is 12.5. The van der Waals surface area contributed by atoms with Crippen LogP contribution in [0.2, 0.25) is 0 Å². The molecule has 0 unspecified atom stereocenters. The first-order valence-electron chi connectivity index (χ1n) is 7.17. The van der Waals surface area contributed by atoms with E-state index in [0.717, 1.165) is 12.8 Å². The highest BCUT2D eigenvalue weighted by Gasteiger charge is 2.19. The fourth-order valence-electron chi connectivity index (χ4n) is 1.92. The van der Waals surface area contributed by atoms with Crippen LogP contribution in [0.15, 0.2) is 33.8 Å². The average molecular weight is 417 g/mol. The molecule has 10 heteroatoms. The molecule has 0 aliphatic heterocycles. The summed E-state index contributed by atoms with van der Waals surface area (Å²) in [4.78, 5) is 11.5. The number of nitrogens with one attached hydrogen (secondary N) is 1. The Balaban J connectivity index is 2.25. The number of anilines is 1. The van der Waals surface area contributed by atoms with Crippen LogP contribution in [0.1, 0.15) is 30.1 Å². The first-order valence-corrected chi connectivity index (χ1v) is 9.45. The molecular formula is C14H17BrN4O4S. The van der Waals surface area contributed by atoms with E-state index >= 15 is 0 Å². The van der Waals surface area contributed by atoms with E-state index in [4.69, 9.17) is 0 Å². The van der Waals surface area contributed by atoms with E-state index in [-0.39, 0.29) is 16.3 Å². The number of aromatic nitrogens is 3. The summed E-state index contributed by atoms with van der Waals surface area (Å²) in [6.07, 6.45) is 3.44. The van der Waals surface area contributed by atoms with Crippen LogP contribution in [0.25, 0.3) is 0 Å². The lowest BCUT2D eigenvalue weighted by Crippen LogP contribution is -2.14. The van der Waals surface area contributed by atoms with Gasteiger partial charge in [-0.2, -0.15) is 0 Å². The van der Waals surface area contributed by atoms with E-state index in [1.54, 1.807) is 4.68 Å². The molecule has 1 aromatic carbocycles. The summed E-state index contributed by atoms with van der Waals surface area (Å²) in [6.45, 7) is 2.71. The number of benzene rings is 1. The monoisotopic (exact) mass is 416 g/mol. The Hall–Kier alpha value is -1.94. The first-order chi connectivity index (χ1) is 11.4. The van der Waals surface area contributed by atoms with Gasteiger partial charge in [0.05, 0.1) is 23.8 Å². The zero-order valence-corrected chi connectivity index (χ0v) is 15.6. The minimum atomic E-state index is -3.91. The van der Waals surface area contributed by atoms with E-state index in [2.05, 4.69) is 35.7 Å². The number of hydrogen-bond acceptors (Lipinski definition) is 6. The molecule has 0 amide bonds. The normalized spacial score (nSPS) is 11.3. The highest BCUT2D eigenvalue weighted by Crippen LogP contribution is 2.22. The van der Waals surface area contributed by atoms with Gasteiger partial charge in [-0.1, -0.05) is 34.5 Å². The molecule has 1 N–H and O–H groups in total. The smallest absolute Gasteiger partial charge is 0.337 e. The van der Waals surface area contributed by atoms with Crippen molar-refractivity contribution in [3.63, 3.8) is 0 Å². The molecule has 0 aliphatic carbocycles. The highest BCUT2D eigenvalue weighted by molar-refractivity contribution is 9.10. The van der Waals surface area contributed by atoms with Gasteiger partial charge in [0.15, 0.2) is 5.82 Å². The molecule has 1 aromatic heterocycles. The van der Waals surface area contributed by atoms with Gasteiger partial charge in [0, 0.05) is 11.0 Å². The molecule has 0 saturated carbocycles.